The second-order valence-electron chi connectivity index (χ2n) is 10.5. The Hall–Kier alpha value is -4.40. The molecule has 4 aromatic rings. The first-order valence-electron chi connectivity index (χ1n) is 13.6. The lowest BCUT2D eigenvalue weighted by Crippen LogP contribution is -2.24. The highest BCUT2D eigenvalue weighted by molar-refractivity contribution is 6.00. The van der Waals surface area contributed by atoms with Gasteiger partial charge in [-0.3, -0.25) is 19.1 Å². The zero-order valence-electron chi connectivity index (χ0n) is 23.7. The van der Waals surface area contributed by atoms with Crippen LogP contribution >= 0.6 is 0 Å². The van der Waals surface area contributed by atoms with Crippen LogP contribution in [-0.2, 0) is 22.6 Å². The Balaban J connectivity index is 1.62. The summed E-state index contributed by atoms with van der Waals surface area (Å²) in [5.41, 5.74) is 5.86. The minimum absolute atomic E-state index is 0.0547. The van der Waals surface area contributed by atoms with E-state index in [1.807, 2.05) is 65.8 Å². The Labute approximate surface area is 234 Å². The molecule has 0 saturated heterocycles. The topological polar surface area (TPSA) is 118 Å². The minimum Gasteiger partial charge on any atom is -0.481 e. The number of nitrogens with one attached hydrogen (secondary N) is 2. The molecule has 0 aliphatic heterocycles. The van der Waals surface area contributed by atoms with Crippen LogP contribution in [0.5, 0.6) is 0 Å². The Kier molecular flexibility index (Phi) is 8.72. The maximum absolute atomic E-state index is 13.6. The van der Waals surface area contributed by atoms with Crippen LogP contribution in [0.2, 0.25) is 0 Å². The summed E-state index contributed by atoms with van der Waals surface area (Å²) in [5.74, 6) is -0.915. The van der Waals surface area contributed by atoms with Gasteiger partial charge in [-0.15, -0.1) is 0 Å². The standard InChI is InChI=1S/C31H37N5O4/c1-19(2)26-13-14-35(34-26)18-22-9-10-23(7-6-8-29(37)38)27(15-22)33-30(39)21(4)36-17-20(3)25-12-11-24(16-28(25)36)31(40)32-5/h9-17,19,21H,6-8,18H2,1-5H3,(H,32,40)(H,33,39)(H,37,38). The zero-order valence-corrected chi connectivity index (χ0v) is 23.7. The number of aliphatic carboxylic acids is 1. The summed E-state index contributed by atoms with van der Waals surface area (Å²) < 4.78 is 3.76. The number of anilines is 1. The van der Waals surface area contributed by atoms with Crippen molar-refractivity contribution >= 4 is 34.4 Å². The summed E-state index contributed by atoms with van der Waals surface area (Å²) >= 11 is 0. The fourth-order valence-electron chi connectivity index (χ4n) is 4.84. The van der Waals surface area contributed by atoms with Gasteiger partial charge in [-0.25, -0.2) is 0 Å². The number of carbonyl (C=O) groups is 3. The van der Waals surface area contributed by atoms with Crippen molar-refractivity contribution in [3.8, 4) is 0 Å². The van der Waals surface area contributed by atoms with Crippen molar-refractivity contribution < 1.29 is 19.5 Å². The normalized spacial score (nSPS) is 12.1. The van der Waals surface area contributed by atoms with E-state index < -0.39 is 12.0 Å². The molecule has 40 heavy (non-hydrogen) atoms. The molecular formula is C31H37N5O4. The minimum atomic E-state index is -0.846. The van der Waals surface area contributed by atoms with Crippen LogP contribution in [0.4, 0.5) is 5.69 Å². The molecule has 9 heteroatoms. The van der Waals surface area contributed by atoms with Gasteiger partial charge < -0.3 is 20.3 Å². The number of aromatic nitrogens is 3. The van der Waals surface area contributed by atoms with Gasteiger partial charge in [0.15, 0.2) is 0 Å². The number of carboxylic acid groups (broad SMARTS) is 1. The molecule has 0 saturated carbocycles. The van der Waals surface area contributed by atoms with Crippen LogP contribution in [0.1, 0.15) is 78.3 Å². The average molecular weight is 544 g/mol. The lowest BCUT2D eigenvalue weighted by molar-refractivity contribution is -0.137. The summed E-state index contributed by atoms with van der Waals surface area (Å²) in [6.07, 6.45) is 4.92. The van der Waals surface area contributed by atoms with E-state index in [0.717, 1.165) is 33.3 Å². The van der Waals surface area contributed by atoms with Crippen LogP contribution in [-0.4, -0.2) is 44.3 Å². The number of benzene rings is 2. The highest BCUT2D eigenvalue weighted by Gasteiger charge is 2.20. The molecule has 3 N–H and O–H groups in total. The first-order chi connectivity index (χ1) is 19.1. The Morgan fingerprint density at radius 2 is 1.82 bits per heavy atom. The number of nitrogens with zero attached hydrogens (tertiary/aromatic N) is 3. The van der Waals surface area contributed by atoms with Crippen molar-refractivity contribution in [2.75, 3.05) is 12.4 Å². The fraction of sp³-hybridized carbons (Fsp3) is 0.355. The van der Waals surface area contributed by atoms with Gasteiger partial charge in [0.05, 0.1) is 12.2 Å². The largest absolute Gasteiger partial charge is 0.481 e. The van der Waals surface area contributed by atoms with Gasteiger partial charge in [0.2, 0.25) is 5.91 Å². The first kappa shape index (κ1) is 28.6. The van der Waals surface area contributed by atoms with E-state index in [9.17, 15) is 14.4 Å². The Morgan fingerprint density at radius 1 is 1.05 bits per heavy atom. The fourth-order valence-corrected chi connectivity index (χ4v) is 4.84. The molecule has 210 valence electrons. The predicted octanol–water partition coefficient (Wildman–Crippen LogP) is 5.28. The van der Waals surface area contributed by atoms with E-state index >= 15 is 0 Å². The van der Waals surface area contributed by atoms with Gasteiger partial charge in [-0.2, -0.15) is 5.10 Å². The Morgan fingerprint density at radius 3 is 2.50 bits per heavy atom. The second-order valence-corrected chi connectivity index (χ2v) is 10.5. The average Bonchev–Trinajstić information content (AvgIpc) is 3.53. The molecular weight excluding hydrogens is 506 g/mol. The third-order valence-electron chi connectivity index (χ3n) is 7.19. The third-order valence-corrected chi connectivity index (χ3v) is 7.19. The molecule has 0 radical (unpaired) electrons. The summed E-state index contributed by atoms with van der Waals surface area (Å²) in [6.45, 7) is 8.55. The molecule has 1 unspecified atom stereocenters. The summed E-state index contributed by atoms with van der Waals surface area (Å²) in [5, 5.41) is 20.5. The van der Waals surface area contributed by atoms with E-state index in [0.29, 0.717) is 36.6 Å². The van der Waals surface area contributed by atoms with Gasteiger partial charge in [0.25, 0.3) is 5.91 Å². The number of rotatable bonds is 11. The van der Waals surface area contributed by atoms with Crippen LogP contribution in [0.3, 0.4) is 0 Å². The summed E-state index contributed by atoms with van der Waals surface area (Å²) in [6, 6.07) is 12.8. The summed E-state index contributed by atoms with van der Waals surface area (Å²) in [7, 11) is 1.59. The van der Waals surface area contributed by atoms with Crippen molar-refractivity contribution in [1.29, 1.82) is 0 Å². The maximum atomic E-state index is 13.6. The van der Waals surface area contributed by atoms with E-state index in [1.165, 1.54) is 0 Å². The van der Waals surface area contributed by atoms with Crippen LogP contribution < -0.4 is 10.6 Å². The smallest absolute Gasteiger partial charge is 0.303 e. The molecule has 2 aromatic carbocycles. The molecule has 2 amide bonds. The molecule has 0 fully saturated rings. The number of hydrogen-bond acceptors (Lipinski definition) is 4. The van der Waals surface area contributed by atoms with Gasteiger partial charge >= 0.3 is 5.97 Å². The van der Waals surface area contributed by atoms with Crippen molar-refractivity contribution in [2.45, 2.75) is 65.5 Å². The van der Waals surface area contributed by atoms with Crippen LogP contribution in [0.15, 0.2) is 54.9 Å². The number of hydrogen-bond donors (Lipinski definition) is 3. The molecule has 4 rings (SSSR count). The first-order valence-corrected chi connectivity index (χ1v) is 13.6. The molecule has 2 heterocycles. The van der Waals surface area contributed by atoms with E-state index in [2.05, 4.69) is 29.6 Å². The van der Waals surface area contributed by atoms with Gasteiger partial charge in [-0.05, 0) is 73.6 Å². The lowest BCUT2D eigenvalue weighted by atomic mass is 10.0. The van der Waals surface area contributed by atoms with E-state index in [-0.39, 0.29) is 18.2 Å². The van der Waals surface area contributed by atoms with Crippen molar-refractivity contribution in [1.82, 2.24) is 19.7 Å². The highest BCUT2D eigenvalue weighted by Crippen LogP contribution is 2.28. The Bertz CT molecular complexity index is 1550. The van der Waals surface area contributed by atoms with Crippen LogP contribution in [0, 0.1) is 6.92 Å². The number of amides is 2. The highest BCUT2D eigenvalue weighted by atomic mass is 16.4. The van der Waals surface area contributed by atoms with E-state index in [4.69, 9.17) is 5.11 Å². The SMILES string of the molecule is CNC(=O)c1ccc2c(C)cn(C(C)C(=O)Nc3cc(Cn4ccc(C(C)C)n4)ccc3CCCC(=O)O)c2c1. The van der Waals surface area contributed by atoms with Gasteiger partial charge in [0, 0.05) is 48.0 Å². The van der Waals surface area contributed by atoms with Gasteiger partial charge in [0.1, 0.15) is 6.04 Å². The number of carboxylic acids is 1. The predicted molar refractivity (Wildman–Crippen MR) is 156 cm³/mol. The quantitative estimate of drug-likeness (QED) is 0.238. The van der Waals surface area contributed by atoms with Crippen molar-refractivity contribution in [3.05, 3.63) is 82.8 Å². The maximum Gasteiger partial charge on any atom is 0.303 e. The van der Waals surface area contributed by atoms with Crippen molar-refractivity contribution in [2.24, 2.45) is 0 Å². The molecule has 0 aliphatic rings. The third kappa shape index (κ3) is 6.42. The summed E-state index contributed by atoms with van der Waals surface area (Å²) in [4.78, 5) is 36.9. The van der Waals surface area contributed by atoms with Gasteiger partial charge in [-0.1, -0.05) is 32.0 Å². The zero-order chi connectivity index (χ0) is 29.0. The molecule has 2 aromatic heterocycles. The molecule has 0 bridgehead atoms. The molecule has 0 spiro atoms. The number of fused-ring (bicyclic) bond motifs is 1. The van der Waals surface area contributed by atoms with Crippen LogP contribution in [0.25, 0.3) is 10.9 Å². The molecule has 0 aliphatic carbocycles. The number of aryl methyl sites for hydroxylation is 2. The molecule has 9 nitrogen and oxygen atoms in total. The van der Waals surface area contributed by atoms with E-state index in [1.54, 1.807) is 19.2 Å². The monoisotopic (exact) mass is 543 g/mol. The molecule has 1 atom stereocenters. The lowest BCUT2D eigenvalue weighted by Gasteiger charge is -2.18. The second kappa shape index (κ2) is 12.2. The van der Waals surface area contributed by atoms with Crippen molar-refractivity contribution in [3.63, 3.8) is 0 Å². The number of carbonyl (C=O) groups excluding carboxylic acids is 2.